The molecule has 0 bridgehead atoms. The minimum atomic E-state index is -0.662. The van der Waals surface area contributed by atoms with E-state index in [-0.39, 0.29) is 11.8 Å². The van der Waals surface area contributed by atoms with Gasteiger partial charge in [0.05, 0.1) is 10.3 Å². The smallest absolute Gasteiger partial charge is 0.261 e. The summed E-state index contributed by atoms with van der Waals surface area (Å²) >= 11 is 1.47. The summed E-state index contributed by atoms with van der Waals surface area (Å²) in [5.74, 6) is 0.115. The second kappa shape index (κ2) is 5.77. The summed E-state index contributed by atoms with van der Waals surface area (Å²) in [7, 11) is 0. The lowest BCUT2D eigenvalue weighted by Crippen LogP contribution is -2.49. The number of nitrogens with two attached hydrogens (primary N) is 1. The average molecular weight is 308 g/mol. The van der Waals surface area contributed by atoms with Gasteiger partial charge >= 0.3 is 0 Å². The highest BCUT2D eigenvalue weighted by atomic mass is 32.1. The molecule has 0 atom stereocenters. The Hall–Kier alpha value is -1.40. The fourth-order valence-electron chi connectivity index (χ4n) is 2.82. The van der Waals surface area contributed by atoms with Crippen LogP contribution in [0.3, 0.4) is 0 Å². The molecule has 1 aromatic rings. The average Bonchev–Trinajstić information content (AvgIpc) is 3.22. The molecule has 0 aromatic carbocycles. The first kappa shape index (κ1) is 14.5. The maximum Gasteiger partial charge on any atom is 0.261 e. The molecule has 2 fully saturated rings. The summed E-state index contributed by atoms with van der Waals surface area (Å²) in [5.41, 5.74) is 6.04. The topological polar surface area (TPSA) is 81.4 Å². The number of rotatable bonds is 5. The van der Waals surface area contributed by atoms with Gasteiger partial charge in [0.15, 0.2) is 0 Å². The third-order valence-corrected chi connectivity index (χ3v) is 5.41. The van der Waals surface area contributed by atoms with Gasteiger partial charge in [-0.3, -0.25) is 9.59 Å². The zero-order valence-electron chi connectivity index (χ0n) is 11.9. The molecule has 0 spiro atoms. The molecule has 6 heteroatoms. The quantitative estimate of drug-likeness (QED) is 0.867. The largest absolute Gasteiger partial charge is 0.381 e. The molecule has 114 valence electrons. The molecule has 5 nitrogen and oxygen atoms in total. The van der Waals surface area contributed by atoms with Crippen LogP contribution in [0.4, 0.5) is 0 Å². The van der Waals surface area contributed by atoms with Gasteiger partial charge < -0.3 is 15.8 Å². The Morgan fingerprint density at radius 2 is 2.10 bits per heavy atom. The first-order chi connectivity index (χ1) is 10.1. The highest BCUT2D eigenvalue weighted by Crippen LogP contribution is 2.43. The molecule has 1 aromatic heterocycles. The van der Waals surface area contributed by atoms with Crippen molar-refractivity contribution in [1.29, 1.82) is 0 Å². The van der Waals surface area contributed by atoms with Crippen molar-refractivity contribution in [3.63, 3.8) is 0 Å². The van der Waals surface area contributed by atoms with Crippen LogP contribution in [0.1, 0.15) is 46.8 Å². The standard InChI is InChI=1S/C15H20N2O3S/c16-14(19)15(4-6-20-7-5-15)9-17-13(18)12-11(3-8-21-12)10-1-2-10/h3,8,10H,1-2,4-7,9H2,(H2,16,19)(H,17,18). The van der Waals surface area contributed by atoms with E-state index in [4.69, 9.17) is 10.5 Å². The summed E-state index contributed by atoms with van der Waals surface area (Å²) in [6, 6.07) is 2.04. The first-order valence-electron chi connectivity index (χ1n) is 7.36. The predicted molar refractivity (Wildman–Crippen MR) is 80.3 cm³/mol. The van der Waals surface area contributed by atoms with Crippen LogP contribution in [0.15, 0.2) is 11.4 Å². The Morgan fingerprint density at radius 1 is 1.38 bits per heavy atom. The SMILES string of the molecule is NC(=O)C1(CNC(=O)c2sccc2C2CC2)CCOCC1. The van der Waals surface area contributed by atoms with Crippen LogP contribution in [0, 0.1) is 5.41 Å². The van der Waals surface area contributed by atoms with Gasteiger partial charge in [0, 0.05) is 19.8 Å². The molecular formula is C15H20N2O3S. The molecule has 0 unspecified atom stereocenters. The van der Waals surface area contributed by atoms with E-state index >= 15 is 0 Å². The van der Waals surface area contributed by atoms with Crippen LogP contribution < -0.4 is 11.1 Å². The first-order valence-corrected chi connectivity index (χ1v) is 8.24. The highest BCUT2D eigenvalue weighted by molar-refractivity contribution is 7.12. The molecule has 21 heavy (non-hydrogen) atoms. The van der Waals surface area contributed by atoms with Gasteiger partial charge in [0.25, 0.3) is 5.91 Å². The second-order valence-electron chi connectivity index (χ2n) is 5.92. The number of amides is 2. The lowest BCUT2D eigenvalue weighted by molar-refractivity contribution is -0.132. The van der Waals surface area contributed by atoms with Crippen LogP contribution >= 0.6 is 11.3 Å². The Kier molecular flexibility index (Phi) is 3.99. The molecule has 1 saturated carbocycles. The summed E-state index contributed by atoms with van der Waals surface area (Å²) in [6.07, 6.45) is 3.48. The van der Waals surface area contributed by atoms with Gasteiger partial charge in [0.1, 0.15) is 0 Å². The van der Waals surface area contributed by atoms with Gasteiger partial charge in [-0.05, 0) is 48.6 Å². The number of primary amides is 1. The molecule has 3 rings (SSSR count). The van der Waals surface area contributed by atoms with Crippen molar-refractivity contribution < 1.29 is 14.3 Å². The molecule has 0 radical (unpaired) electrons. The van der Waals surface area contributed by atoms with E-state index < -0.39 is 5.41 Å². The van der Waals surface area contributed by atoms with E-state index in [1.807, 2.05) is 11.4 Å². The van der Waals surface area contributed by atoms with Gasteiger partial charge in [-0.1, -0.05) is 0 Å². The van der Waals surface area contributed by atoms with Crippen molar-refractivity contribution in [3.8, 4) is 0 Å². The van der Waals surface area contributed by atoms with Gasteiger partial charge in [-0.15, -0.1) is 11.3 Å². The second-order valence-corrected chi connectivity index (χ2v) is 6.84. The van der Waals surface area contributed by atoms with Crippen LogP contribution in [-0.2, 0) is 9.53 Å². The van der Waals surface area contributed by atoms with Crippen LogP contribution in [0.25, 0.3) is 0 Å². The minimum absolute atomic E-state index is 0.0842. The number of thiophene rings is 1. The number of carbonyl (C=O) groups is 2. The van der Waals surface area contributed by atoms with E-state index in [0.29, 0.717) is 38.5 Å². The van der Waals surface area contributed by atoms with Crippen molar-refractivity contribution in [1.82, 2.24) is 5.32 Å². The van der Waals surface area contributed by atoms with E-state index in [1.165, 1.54) is 24.2 Å². The molecule has 1 aliphatic heterocycles. The normalized spacial score (nSPS) is 21.0. The van der Waals surface area contributed by atoms with Crippen molar-refractivity contribution in [3.05, 3.63) is 21.9 Å². The zero-order chi connectivity index (χ0) is 14.9. The van der Waals surface area contributed by atoms with E-state index in [1.54, 1.807) is 0 Å². The number of hydrogen-bond donors (Lipinski definition) is 2. The Balaban J connectivity index is 1.66. The fraction of sp³-hybridized carbons (Fsp3) is 0.600. The minimum Gasteiger partial charge on any atom is -0.381 e. The van der Waals surface area contributed by atoms with Crippen molar-refractivity contribution in [2.45, 2.75) is 31.6 Å². The lowest BCUT2D eigenvalue weighted by atomic mass is 9.79. The van der Waals surface area contributed by atoms with E-state index in [2.05, 4.69) is 5.32 Å². The van der Waals surface area contributed by atoms with E-state index in [9.17, 15) is 9.59 Å². The maximum atomic E-state index is 12.4. The third-order valence-electron chi connectivity index (χ3n) is 4.48. The van der Waals surface area contributed by atoms with Gasteiger partial charge in [-0.2, -0.15) is 0 Å². The molecule has 1 aliphatic carbocycles. The summed E-state index contributed by atoms with van der Waals surface area (Å²) in [5, 5.41) is 4.87. The zero-order valence-corrected chi connectivity index (χ0v) is 12.7. The van der Waals surface area contributed by atoms with Crippen LogP contribution in [0.5, 0.6) is 0 Å². The summed E-state index contributed by atoms with van der Waals surface area (Å²) in [4.78, 5) is 24.9. The highest BCUT2D eigenvalue weighted by Gasteiger charge is 2.39. The van der Waals surface area contributed by atoms with Crippen molar-refractivity contribution in [2.24, 2.45) is 11.1 Å². The Bertz CT molecular complexity index is 545. The number of hydrogen-bond acceptors (Lipinski definition) is 4. The Labute approximate surface area is 127 Å². The van der Waals surface area contributed by atoms with Crippen LogP contribution in [-0.4, -0.2) is 31.6 Å². The predicted octanol–water partition coefficient (Wildman–Crippen LogP) is 1.64. The number of ether oxygens (including phenoxy) is 1. The van der Waals surface area contributed by atoms with E-state index in [0.717, 1.165) is 10.4 Å². The molecule has 3 N–H and O–H groups in total. The van der Waals surface area contributed by atoms with Crippen molar-refractivity contribution in [2.75, 3.05) is 19.8 Å². The molecular weight excluding hydrogens is 288 g/mol. The molecule has 2 aliphatic rings. The van der Waals surface area contributed by atoms with Gasteiger partial charge in [0.2, 0.25) is 5.91 Å². The van der Waals surface area contributed by atoms with Gasteiger partial charge in [-0.25, -0.2) is 0 Å². The maximum absolute atomic E-state index is 12.4. The monoisotopic (exact) mass is 308 g/mol. The molecule has 2 amide bonds. The summed E-state index contributed by atoms with van der Waals surface area (Å²) < 4.78 is 5.29. The number of nitrogens with one attached hydrogen (secondary N) is 1. The third kappa shape index (κ3) is 2.96. The van der Waals surface area contributed by atoms with Crippen molar-refractivity contribution >= 4 is 23.2 Å². The van der Waals surface area contributed by atoms with Crippen LogP contribution in [0.2, 0.25) is 0 Å². The summed E-state index contributed by atoms with van der Waals surface area (Å²) in [6.45, 7) is 1.34. The number of carbonyl (C=O) groups excluding carboxylic acids is 2. The fourth-order valence-corrected chi connectivity index (χ4v) is 3.72. The lowest BCUT2D eigenvalue weighted by Gasteiger charge is -2.34. The Morgan fingerprint density at radius 3 is 2.71 bits per heavy atom. The molecule has 2 heterocycles. The molecule has 1 saturated heterocycles.